The minimum atomic E-state index is -3.13. The maximum Gasteiger partial charge on any atom is 0.264 e. The number of carbonyl (C=O) groups excluding carboxylic acids is 1. The highest BCUT2D eigenvalue weighted by Gasteiger charge is 2.35. The van der Waals surface area contributed by atoms with Crippen molar-refractivity contribution in [2.45, 2.75) is 44.4 Å². The van der Waals surface area contributed by atoms with Crippen molar-refractivity contribution >= 4 is 23.2 Å². The Bertz CT molecular complexity index is 1570. The van der Waals surface area contributed by atoms with E-state index in [-0.39, 0.29) is 35.2 Å². The second-order valence-electron chi connectivity index (χ2n) is 11.3. The van der Waals surface area contributed by atoms with Gasteiger partial charge in [0.25, 0.3) is 12.3 Å². The summed E-state index contributed by atoms with van der Waals surface area (Å²) in [6, 6.07) is 1.78. The fourth-order valence-electron chi connectivity index (χ4n) is 5.94. The van der Waals surface area contributed by atoms with Crippen molar-refractivity contribution in [2.75, 3.05) is 54.9 Å². The summed E-state index contributed by atoms with van der Waals surface area (Å²) in [5, 5.41) is 2.40. The molecule has 228 valence electrons. The van der Waals surface area contributed by atoms with Gasteiger partial charge in [-0.3, -0.25) is 9.59 Å². The zero-order valence-electron chi connectivity index (χ0n) is 23.6. The van der Waals surface area contributed by atoms with Gasteiger partial charge in [-0.05, 0) is 26.8 Å². The number of aromatic amines is 1. The highest BCUT2D eigenvalue weighted by Crippen LogP contribution is 2.39. The lowest BCUT2D eigenvalue weighted by molar-refractivity contribution is 0.0299. The molecule has 6 rings (SSSR count). The summed E-state index contributed by atoms with van der Waals surface area (Å²) in [6.45, 7) is 4.60. The Morgan fingerprint density at radius 1 is 1.07 bits per heavy atom. The number of likely N-dealkylation sites (N-methyl/N-ethyl adjacent to an activating group) is 1. The van der Waals surface area contributed by atoms with E-state index in [1.807, 2.05) is 18.9 Å². The third-order valence-electron chi connectivity index (χ3n) is 8.43. The average molecular weight is 602 g/mol. The molecule has 1 aromatic carbocycles. The number of anilines is 3. The molecule has 10 nitrogen and oxygen atoms in total. The molecule has 0 aliphatic carbocycles. The molecule has 2 bridgehead atoms. The second-order valence-corrected chi connectivity index (χ2v) is 11.3. The van der Waals surface area contributed by atoms with Gasteiger partial charge in [0, 0.05) is 80.6 Å². The van der Waals surface area contributed by atoms with Crippen molar-refractivity contribution in [3.05, 3.63) is 63.8 Å². The van der Waals surface area contributed by atoms with Crippen LogP contribution in [0.2, 0.25) is 0 Å². The fourth-order valence-corrected chi connectivity index (χ4v) is 5.94. The Hall–Kier alpha value is -4.04. The SMILES string of the molecule is C[C@H]1CN(c2cc(F)c(-c3cnc(N4CC5CCC(C4)O5)nc3)c(F)c2NC(=O)c2c[nH]c(=O)cc2C(F)F)CCN1C. The van der Waals surface area contributed by atoms with Gasteiger partial charge in [0.05, 0.1) is 29.0 Å². The van der Waals surface area contributed by atoms with Crippen LogP contribution in [0.5, 0.6) is 0 Å². The summed E-state index contributed by atoms with van der Waals surface area (Å²) in [5.74, 6) is -2.66. The van der Waals surface area contributed by atoms with Crippen molar-refractivity contribution in [1.29, 1.82) is 0 Å². The van der Waals surface area contributed by atoms with Crippen LogP contribution in [0.1, 0.15) is 42.1 Å². The number of hydrogen-bond acceptors (Lipinski definition) is 8. The van der Waals surface area contributed by atoms with Crippen LogP contribution >= 0.6 is 0 Å². The number of nitrogens with one attached hydrogen (secondary N) is 2. The Labute approximate surface area is 244 Å². The number of benzene rings is 1. The molecule has 3 saturated heterocycles. The standard InChI is InChI=1S/C29H31F4N7O3/c1-15-12-39(6-5-38(15)2)22-8-21(30)24(16-9-35-29(36-10-16)40-13-17-3-4-18(14-40)43-17)25(31)26(22)37-28(42)20-11-34-23(41)7-19(20)27(32)33/h7-11,15,17-18,27H,3-6,12-14H2,1-2H3,(H,34,41)(H,37,42)/t15-,17?,18?/m0/s1. The topological polar surface area (TPSA) is 107 Å². The molecule has 0 saturated carbocycles. The zero-order valence-corrected chi connectivity index (χ0v) is 23.6. The molecule has 2 unspecified atom stereocenters. The summed E-state index contributed by atoms with van der Waals surface area (Å²) in [5.41, 5.74) is -2.90. The summed E-state index contributed by atoms with van der Waals surface area (Å²) >= 11 is 0. The van der Waals surface area contributed by atoms with E-state index in [0.717, 1.165) is 25.1 Å². The minimum Gasteiger partial charge on any atom is -0.371 e. The van der Waals surface area contributed by atoms with E-state index < -0.39 is 46.2 Å². The maximum atomic E-state index is 16.4. The second kappa shape index (κ2) is 11.6. The lowest BCUT2D eigenvalue weighted by atomic mass is 10.0. The van der Waals surface area contributed by atoms with Crippen LogP contribution in [0.15, 0.2) is 35.5 Å². The Kier molecular flexibility index (Phi) is 7.81. The number of aromatic nitrogens is 3. The molecule has 3 atom stereocenters. The van der Waals surface area contributed by atoms with Gasteiger partial charge < -0.3 is 29.7 Å². The molecule has 1 amide bonds. The number of nitrogens with zero attached hydrogens (tertiary/aromatic N) is 5. The van der Waals surface area contributed by atoms with Gasteiger partial charge in [0.2, 0.25) is 11.5 Å². The molecule has 14 heteroatoms. The number of H-pyrrole nitrogens is 1. The van der Waals surface area contributed by atoms with Gasteiger partial charge in [-0.2, -0.15) is 0 Å². The number of carbonyl (C=O) groups is 1. The summed E-state index contributed by atoms with van der Waals surface area (Å²) in [4.78, 5) is 41.7. The lowest BCUT2D eigenvalue weighted by Crippen LogP contribution is -2.50. The van der Waals surface area contributed by atoms with Crippen LogP contribution in [-0.2, 0) is 4.74 Å². The molecule has 43 heavy (non-hydrogen) atoms. The van der Waals surface area contributed by atoms with Crippen molar-refractivity contribution in [2.24, 2.45) is 0 Å². The number of halogens is 4. The molecule has 3 aliphatic heterocycles. The minimum absolute atomic E-state index is 0.0316. The van der Waals surface area contributed by atoms with Crippen LogP contribution in [0.3, 0.4) is 0 Å². The van der Waals surface area contributed by atoms with E-state index in [4.69, 9.17) is 4.74 Å². The first-order valence-electron chi connectivity index (χ1n) is 14.1. The number of piperazine rings is 1. The number of rotatable bonds is 6. The number of alkyl halides is 2. The van der Waals surface area contributed by atoms with Gasteiger partial charge in [0.15, 0.2) is 5.82 Å². The van der Waals surface area contributed by atoms with Gasteiger partial charge >= 0.3 is 0 Å². The maximum absolute atomic E-state index is 16.4. The molecule has 3 aromatic rings. The first kappa shape index (κ1) is 29.1. The van der Waals surface area contributed by atoms with Gasteiger partial charge in [-0.25, -0.2) is 27.5 Å². The van der Waals surface area contributed by atoms with E-state index in [0.29, 0.717) is 44.7 Å². The van der Waals surface area contributed by atoms with E-state index in [1.165, 1.54) is 12.4 Å². The van der Waals surface area contributed by atoms with Crippen molar-refractivity contribution in [3.8, 4) is 11.1 Å². The molecular weight excluding hydrogens is 570 g/mol. The van der Waals surface area contributed by atoms with Crippen molar-refractivity contribution < 1.29 is 27.1 Å². The third kappa shape index (κ3) is 5.68. The van der Waals surface area contributed by atoms with Crippen LogP contribution in [0.4, 0.5) is 34.9 Å². The molecule has 5 heterocycles. The first-order chi connectivity index (χ1) is 20.6. The molecule has 3 aliphatic rings. The summed E-state index contributed by atoms with van der Waals surface area (Å²) in [7, 11) is 1.93. The average Bonchev–Trinajstić information content (AvgIpc) is 3.32. The van der Waals surface area contributed by atoms with Gasteiger partial charge in [0.1, 0.15) is 11.5 Å². The monoisotopic (exact) mass is 601 g/mol. The molecular formula is C29H31F4N7O3. The van der Waals surface area contributed by atoms with Crippen molar-refractivity contribution in [3.63, 3.8) is 0 Å². The quantitative estimate of drug-likeness (QED) is 0.411. The normalized spacial score (nSPS) is 22.3. The highest BCUT2D eigenvalue weighted by molar-refractivity contribution is 6.07. The lowest BCUT2D eigenvalue weighted by Gasteiger charge is -2.39. The van der Waals surface area contributed by atoms with Crippen LogP contribution < -0.4 is 20.7 Å². The Morgan fingerprint density at radius 3 is 2.42 bits per heavy atom. The fraction of sp³-hybridized carbons (Fsp3) is 0.448. The largest absolute Gasteiger partial charge is 0.371 e. The first-order valence-corrected chi connectivity index (χ1v) is 14.1. The van der Waals surface area contributed by atoms with Gasteiger partial charge in [-0.15, -0.1) is 0 Å². The molecule has 0 spiro atoms. The van der Waals surface area contributed by atoms with Gasteiger partial charge in [-0.1, -0.05) is 0 Å². The van der Waals surface area contributed by atoms with E-state index in [9.17, 15) is 18.4 Å². The number of hydrogen-bond donors (Lipinski definition) is 2. The molecule has 2 aromatic heterocycles. The number of pyridine rings is 1. The number of fused-ring (bicyclic) bond motifs is 2. The third-order valence-corrected chi connectivity index (χ3v) is 8.43. The Morgan fingerprint density at radius 2 is 1.77 bits per heavy atom. The van der Waals surface area contributed by atoms with Crippen LogP contribution in [0.25, 0.3) is 11.1 Å². The predicted molar refractivity (Wildman–Crippen MR) is 152 cm³/mol. The van der Waals surface area contributed by atoms with Crippen LogP contribution in [-0.4, -0.2) is 83.8 Å². The molecule has 2 N–H and O–H groups in total. The summed E-state index contributed by atoms with van der Waals surface area (Å²) < 4.78 is 65.4. The van der Waals surface area contributed by atoms with E-state index in [1.54, 1.807) is 4.90 Å². The smallest absolute Gasteiger partial charge is 0.264 e. The van der Waals surface area contributed by atoms with Crippen molar-refractivity contribution in [1.82, 2.24) is 19.9 Å². The highest BCUT2D eigenvalue weighted by atomic mass is 19.3. The van der Waals surface area contributed by atoms with E-state index in [2.05, 4.69) is 25.2 Å². The van der Waals surface area contributed by atoms with Crippen LogP contribution in [0, 0.1) is 11.6 Å². The number of amides is 1. The number of morpholine rings is 1. The van der Waals surface area contributed by atoms with E-state index >= 15 is 8.78 Å². The predicted octanol–water partition coefficient (Wildman–Crippen LogP) is 3.81. The zero-order chi connectivity index (χ0) is 30.4. The molecule has 0 radical (unpaired) electrons. The molecule has 3 fully saturated rings. The summed E-state index contributed by atoms with van der Waals surface area (Å²) in [6.07, 6.45) is 2.47. The number of ether oxygens (including phenoxy) is 1. The Balaban J connectivity index is 1.38.